The molecule has 0 amide bonds. The molecule has 1 heterocycles. The number of sulfone groups is 1. The number of likely N-dealkylation sites (tertiary alicyclic amines) is 1. The summed E-state index contributed by atoms with van der Waals surface area (Å²) >= 11 is 0. The van der Waals surface area contributed by atoms with Crippen LogP contribution in [0, 0.1) is 0 Å². The standard InChI is InChI=1S/C9H19N3O3S/c1-16(14,15)7-6-12-5-3-2-4-8(12)9(10)11-13/h8,13H,2-7H2,1H3,(H2,10,11). The number of rotatable bonds is 4. The van der Waals surface area contributed by atoms with E-state index in [2.05, 4.69) is 5.16 Å². The Morgan fingerprint density at radius 3 is 2.81 bits per heavy atom. The molecule has 1 fully saturated rings. The lowest BCUT2D eigenvalue weighted by Gasteiger charge is -2.34. The summed E-state index contributed by atoms with van der Waals surface area (Å²) in [4.78, 5) is 1.97. The highest BCUT2D eigenvalue weighted by molar-refractivity contribution is 7.90. The Balaban J connectivity index is 2.61. The van der Waals surface area contributed by atoms with E-state index in [1.54, 1.807) is 0 Å². The highest BCUT2D eigenvalue weighted by atomic mass is 32.2. The Labute approximate surface area is 96.0 Å². The zero-order valence-corrected chi connectivity index (χ0v) is 10.3. The van der Waals surface area contributed by atoms with Crippen molar-refractivity contribution in [1.29, 1.82) is 0 Å². The SMILES string of the molecule is CS(=O)(=O)CCN1CCCCC1C(N)=NO. The monoisotopic (exact) mass is 249 g/mol. The van der Waals surface area contributed by atoms with E-state index in [4.69, 9.17) is 10.9 Å². The zero-order chi connectivity index (χ0) is 12.2. The van der Waals surface area contributed by atoms with Crippen LogP contribution in [0.2, 0.25) is 0 Å². The van der Waals surface area contributed by atoms with Gasteiger partial charge >= 0.3 is 0 Å². The quantitative estimate of drug-likeness (QED) is 0.307. The van der Waals surface area contributed by atoms with E-state index >= 15 is 0 Å². The molecule has 1 unspecified atom stereocenters. The fraction of sp³-hybridized carbons (Fsp3) is 0.889. The van der Waals surface area contributed by atoms with Crippen molar-refractivity contribution in [3.63, 3.8) is 0 Å². The van der Waals surface area contributed by atoms with Gasteiger partial charge in [0.1, 0.15) is 9.84 Å². The van der Waals surface area contributed by atoms with Gasteiger partial charge in [-0.15, -0.1) is 0 Å². The third kappa shape index (κ3) is 3.97. The summed E-state index contributed by atoms with van der Waals surface area (Å²) in [7, 11) is -2.96. The van der Waals surface area contributed by atoms with Crippen molar-refractivity contribution >= 4 is 15.7 Å². The fourth-order valence-electron chi connectivity index (χ4n) is 1.94. The molecule has 1 aliphatic rings. The molecule has 3 N–H and O–H groups in total. The van der Waals surface area contributed by atoms with Crippen LogP contribution in [-0.2, 0) is 9.84 Å². The predicted octanol–water partition coefficient (Wildman–Crippen LogP) is -0.368. The summed E-state index contributed by atoms with van der Waals surface area (Å²) in [6, 6.07) is -0.125. The van der Waals surface area contributed by atoms with Gasteiger partial charge in [-0.1, -0.05) is 11.6 Å². The normalized spacial score (nSPS) is 24.6. The van der Waals surface area contributed by atoms with Crippen molar-refractivity contribution in [2.45, 2.75) is 25.3 Å². The van der Waals surface area contributed by atoms with Gasteiger partial charge in [0, 0.05) is 12.8 Å². The van der Waals surface area contributed by atoms with Crippen LogP contribution in [0.4, 0.5) is 0 Å². The first-order chi connectivity index (χ1) is 7.44. The maximum Gasteiger partial charge on any atom is 0.156 e. The zero-order valence-electron chi connectivity index (χ0n) is 9.46. The topological polar surface area (TPSA) is 96.0 Å². The maximum atomic E-state index is 11.1. The van der Waals surface area contributed by atoms with Gasteiger partial charge < -0.3 is 10.9 Å². The Kier molecular flexibility index (Phi) is 4.55. The van der Waals surface area contributed by atoms with Crippen LogP contribution in [0.1, 0.15) is 19.3 Å². The van der Waals surface area contributed by atoms with Crippen molar-refractivity contribution in [2.24, 2.45) is 10.9 Å². The fourth-order valence-corrected chi connectivity index (χ4v) is 2.51. The number of piperidine rings is 1. The summed E-state index contributed by atoms with van der Waals surface area (Å²) in [6.07, 6.45) is 4.09. The molecular formula is C9H19N3O3S. The number of nitrogens with zero attached hydrogens (tertiary/aromatic N) is 2. The molecule has 0 spiro atoms. The molecule has 0 bridgehead atoms. The van der Waals surface area contributed by atoms with Crippen molar-refractivity contribution in [3.05, 3.63) is 0 Å². The molecule has 1 atom stereocenters. The van der Waals surface area contributed by atoms with Crippen LogP contribution >= 0.6 is 0 Å². The number of hydrogen-bond acceptors (Lipinski definition) is 5. The molecule has 0 aliphatic carbocycles. The summed E-state index contributed by atoms with van der Waals surface area (Å²) < 4.78 is 22.2. The second-order valence-electron chi connectivity index (χ2n) is 4.20. The average molecular weight is 249 g/mol. The lowest BCUT2D eigenvalue weighted by Crippen LogP contribution is -2.49. The Hall–Kier alpha value is -0.820. The van der Waals surface area contributed by atoms with E-state index < -0.39 is 9.84 Å². The second kappa shape index (κ2) is 5.49. The second-order valence-corrected chi connectivity index (χ2v) is 6.46. The van der Waals surface area contributed by atoms with Crippen molar-refractivity contribution in [3.8, 4) is 0 Å². The molecule has 16 heavy (non-hydrogen) atoms. The molecule has 1 saturated heterocycles. The van der Waals surface area contributed by atoms with Crippen molar-refractivity contribution in [1.82, 2.24) is 4.90 Å². The Morgan fingerprint density at radius 2 is 2.25 bits per heavy atom. The predicted molar refractivity (Wildman–Crippen MR) is 62.3 cm³/mol. The summed E-state index contributed by atoms with van der Waals surface area (Å²) in [5.41, 5.74) is 5.59. The molecule has 0 saturated carbocycles. The van der Waals surface area contributed by atoms with E-state index in [0.717, 1.165) is 25.8 Å². The van der Waals surface area contributed by atoms with Crippen LogP contribution in [0.15, 0.2) is 5.16 Å². The maximum absolute atomic E-state index is 11.1. The van der Waals surface area contributed by atoms with E-state index in [0.29, 0.717) is 6.54 Å². The minimum Gasteiger partial charge on any atom is -0.409 e. The van der Waals surface area contributed by atoms with E-state index in [9.17, 15) is 8.42 Å². The third-order valence-corrected chi connectivity index (χ3v) is 3.74. The van der Waals surface area contributed by atoms with Crippen LogP contribution < -0.4 is 5.73 Å². The van der Waals surface area contributed by atoms with E-state index in [1.807, 2.05) is 4.90 Å². The summed E-state index contributed by atoms with van der Waals surface area (Å²) in [5, 5.41) is 11.7. The lowest BCUT2D eigenvalue weighted by molar-refractivity contribution is 0.196. The third-order valence-electron chi connectivity index (χ3n) is 2.82. The molecule has 0 aromatic carbocycles. The first-order valence-electron chi connectivity index (χ1n) is 5.33. The first-order valence-corrected chi connectivity index (χ1v) is 7.39. The average Bonchev–Trinajstić information content (AvgIpc) is 2.25. The van der Waals surface area contributed by atoms with Crippen LogP contribution in [-0.4, -0.2) is 55.5 Å². The summed E-state index contributed by atoms with van der Waals surface area (Å²) in [5.74, 6) is 0.288. The van der Waals surface area contributed by atoms with Gasteiger partial charge in [-0.3, -0.25) is 4.90 Å². The lowest BCUT2D eigenvalue weighted by atomic mass is 10.0. The van der Waals surface area contributed by atoms with E-state index in [1.165, 1.54) is 6.26 Å². The van der Waals surface area contributed by atoms with Crippen molar-refractivity contribution < 1.29 is 13.6 Å². The number of hydrogen-bond donors (Lipinski definition) is 2. The molecular weight excluding hydrogens is 230 g/mol. The largest absolute Gasteiger partial charge is 0.409 e. The minimum atomic E-state index is -2.96. The highest BCUT2D eigenvalue weighted by Gasteiger charge is 2.26. The minimum absolute atomic E-state index is 0.113. The van der Waals surface area contributed by atoms with Gasteiger partial charge in [0.05, 0.1) is 11.8 Å². The molecule has 7 heteroatoms. The molecule has 0 aromatic heterocycles. The van der Waals surface area contributed by atoms with Gasteiger partial charge in [0.25, 0.3) is 0 Å². The number of amidine groups is 1. The van der Waals surface area contributed by atoms with Crippen LogP contribution in [0.5, 0.6) is 0 Å². The number of nitrogens with two attached hydrogens (primary N) is 1. The van der Waals surface area contributed by atoms with Gasteiger partial charge in [-0.05, 0) is 19.4 Å². The van der Waals surface area contributed by atoms with Crippen LogP contribution in [0.25, 0.3) is 0 Å². The molecule has 1 rings (SSSR count). The molecule has 6 nitrogen and oxygen atoms in total. The number of oxime groups is 1. The Bertz CT molecular complexity index is 353. The molecule has 94 valence electrons. The van der Waals surface area contributed by atoms with Gasteiger partial charge in [0.15, 0.2) is 5.84 Å². The smallest absolute Gasteiger partial charge is 0.156 e. The molecule has 0 radical (unpaired) electrons. The summed E-state index contributed by atoms with van der Waals surface area (Å²) in [6.45, 7) is 1.25. The molecule has 1 aliphatic heterocycles. The first kappa shape index (κ1) is 13.2. The molecule has 0 aromatic rings. The van der Waals surface area contributed by atoms with Gasteiger partial charge in [-0.2, -0.15) is 0 Å². The highest BCUT2D eigenvalue weighted by Crippen LogP contribution is 2.16. The van der Waals surface area contributed by atoms with Crippen LogP contribution in [0.3, 0.4) is 0 Å². The van der Waals surface area contributed by atoms with E-state index in [-0.39, 0.29) is 17.6 Å². The Morgan fingerprint density at radius 1 is 1.56 bits per heavy atom. The van der Waals surface area contributed by atoms with Gasteiger partial charge in [-0.25, -0.2) is 8.42 Å². The van der Waals surface area contributed by atoms with Gasteiger partial charge in [0.2, 0.25) is 0 Å². The van der Waals surface area contributed by atoms with Crippen molar-refractivity contribution in [2.75, 3.05) is 25.1 Å².